The predicted molar refractivity (Wildman–Crippen MR) is 76.8 cm³/mol. The molecule has 2 rings (SSSR count). The van der Waals surface area contributed by atoms with Crippen molar-refractivity contribution < 1.29 is 9.47 Å². The first-order chi connectivity index (χ1) is 9.33. The number of thiazole rings is 1. The first-order valence-electron chi connectivity index (χ1n) is 6.21. The van der Waals surface area contributed by atoms with E-state index >= 15 is 0 Å². The predicted octanol–water partition coefficient (Wildman–Crippen LogP) is 2.84. The fraction of sp³-hybridized carbons (Fsp3) is 0.357. The Balaban J connectivity index is 2.07. The Labute approximate surface area is 117 Å². The van der Waals surface area contributed by atoms with E-state index in [1.807, 2.05) is 24.4 Å². The van der Waals surface area contributed by atoms with Crippen molar-refractivity contribution >= 4 is 11.3 Å². The van der Waals surface area contributed by atoms with E-state index in [-0.39, 0.29) is 0 Å². The number of hydrogen-bond donors (Lipinski definition) is 1. The van der Waals surface area contributed by atoms with Gasteiger partial charge in [0.15, 0.2) is 11.5 Å². The van der Waals surface area contributed by atoms with Gasteiger partial charge in [0.25, 0.3) is 0 Å². The molecule has 2 aromatic rings. The topological polar surface area (TPSA) is 43.4 Å². The molecule has 19 heavy (non-hydrogen) atoms. The minimum absolute atomic E-state index is 0.520. The molecule has 0 radical (unpaired) electrons. The van der Waals surface area contributed by atoms with Crippen molar-refractivity contribution in [3.63, 3.8) is 0 Å². The van der Waals surface area contributed by atoms with E-state index < -0.39 is 0 Å². The van der Waals surface area contributed by atoms with Crippen molar-refractivity contribution in [2.75, 3.05) is 13.7 Å². The minimum Gasteiger partial charge on any atom is -0.493 e. The van der Waals surface area contributed by atoms with E-state index in [0.29, 0.717) is 6.61 Å². The fourth-order valence-corrected chi connectivity index (χ4v) is 2.18. The first-order valence-corrected chi connectivity index (χ1v) is 7.09. The Morgan fingerprint density at radius 2 is 2.21 bits per heavy atom. The van der Waals surface area contributed by atoms with Crippen LogP contribution < -0.4 is 14.8 Å². The van der Waals surface area contributed by atoms with Crippen LogP contribution in [0.4, 0.5) is 0 Å². The van der Waals surface area contributed by atoms with Gasteiger partial charge in [-0.25, -0.2) is 0 Å². The van der Waals surface area contributed by atoms with E-state index in [0.717, 1.165) is 29.5 Å². The summed E-state index contributed by atoms with van der Waals surface area (Å²) in [6.07, 6.45) is 1.82. The Morgan fingerprint density at radius 3 is 2.89 bits per heavy atom. The number of nitrogens with one attached hydrogen (secondary N) is 1. The van der Waals surface area contributed by atoms with Crippen molar-refractivity contribution in [1.29, 1.82) is 0 Å². The number of rotatable bonds is 7. The van der Waals surface area contributed by atoms with Gasteiger partial charge in [-0.05, 0) is 24.2 Å². The SMILES string of the molecule is CCNCc1ccc(OC)c(OCc2cncs2)c1. The van der Waals surface area contributed by atoms with E-state index in [1.165, 1.54) is 5.56 Å². The van der Waals surface area contributed by atoms with Gasteiger partial charge in [0.1, 0.15) is 6.61 Å². The summed E-state index contributed by atoms with van der Waals surface area (Å²) < 4.78 is 11.1. The molecule has 0 saturated heterocycles. The summed E-state index contributed by atoms with van der Waals surface area (Å²) in [4.78, 5) is 5.13. The highest BCUT2D eigenvalue weighted by molar-refractivity contribution is 7.09. The number of aromatic nitrogens is 1. The lowest BCUT2D eigenvalue weighted by Crippen LogP contribution is -2.11. The van der Waals surface area contributed by atoms with Crippen LogP contribution in [0.15, 0.2) is 29.9 Å². The summed E-state index contributed by atoms with van der Waals surface area (Å²) in [5, 5.41) is 3.29. The molecule has 0 aliphatic rings. The zero-order chi connectivity index (χ0) is 13.5. The average molecular weight is 278 g/mol. The van der Waals surface area contributed by atoms with Crippen LogP contribution in [0.1, 0.15) is 17.4 Å². The largest absolute Gasteiger partial charge is 0.493 e. The molecule has 0 aliphatic heterocycles. The maximum absolute atomic E-state index is 5.81. The third kappa shape index (κ3) is 3.94. The van der Waals surface area contributed by atoms with Gasteiger partial charge in [-0.1, -0.05) is 13.0 Å². The molecule has 0 fully saturated rings. The van der Waals surface area contributed by atoms with Crippen LogP contribution in [0.3, 0.4) is 0 Å². The number of methoxy groups -OCH3 is 1. The molecule has 0 amide bonds. The van der Waals surface area contributed by atoms with Gasteiger partial charge >= 0.3 is 0 Å². The Hall–Kier alpha value is -1.59. The summed E-state index contributed by atoms with van der Waals surface area (Å²) in [6.45, 7) is 4.39. The second kappa shape index (κ2) is 7.11. The number of nitrogens with zero attached hydrogens (tertiary/aromatic N) is 1. The number of benzene rings is 1. The zero-order valence-electron chi connectivity index (χ0n) is 11.2. The number of hydrogen-bond acceptors (Lipinski definition) is 5. The highest BCUT2D eigenvalue weighted by Crippen LogP contribution is 2.29. The molecule has 102 valence electrons. The molecule has 0 saturated carbocycles. The molecule has 1 aromatic carbocycles. The lowest BCUT2D eigenvalue weighted by molar-refractivity contribution is 0.286. The van der Waals surface area contributed by atoms with E-state index in [4.69, 9.17) is 9.47 Å². The van der Waals surface area contributed by atoms with Gasteiger partial charge in [-0.2, -0.15) is 0 Å². The highest BCUT2D eigenvalue weighted by atomic mass is 32.1. The van der Waals surface area contributed by atoms with Crippen molar-refractivity contribution in [3.05, 3.63) is 40.3 Å². The molecule has 0 bridgehead atoms. The standard InChI is InChI=1S/C14H18N2O2S/c1-3-15-7-11-4-5-13(17-2)14(6-11)18-9-12-8-16-10-19-12/h4-6,8,10,15H,3,7,9H2,1-2H3. The molecule has 0 unspecified atom stereocenters. The number of ether oxygens (including phenoxy) is 2. The third-order valence-electron chi connectivity index (χ3n) is 2.66. The molecule has 0 spiro atoms. The van der Waals surface area contributed by atoms with Crippen LogP contribution in [-0.2, 0) is 13.2 Å². The molecule has 1 heterocycles. The fourth-order valence-electron chi connectivity index (χ4n) is 1.68. The molecular formula is C14H18N2O2S. The third-order valence-corrected chi connectivity index (χ3v) is 3.41. The van der Waals surface area contributed by atoms with Crippen LogP contribution in [0, 0.1) is 0 Å². The van der Waals surface area contributed by atoms with Gasteiger partial charge in [-0.3, -0.25) is 4.98 Å². The van der Waals surface area contributed by atoms with Crippen molar-refractivity contribution in [2.45, 2.75) is 20.1 Å². The van der Waals surface area contributed by atoms with Gasteiger partial charge in [0.2, 0.25) is 0 Å². The highest BCUT2D eigenvalue weighted by Gasteiger charge is 2.06. The monoisotopic (exact) mass is 278 g/mol. The van der Waals surface area contributed by atoms with E-state index in [9.17, 15) is 0 Å². The molecule has 0 aliphatic carbocycles. The molecule has 1 N–H and O–H groups in total. The van der Waals surface area contributed by atoms with Crippen LogP contribution in [0.5, 0.6) is 11.5 Å². The van der Waals surface area contributed by atoms with E-state index in [1.54, 1.807) is 24.0 Å². The average Bonchev–Trinajstić information content (AvgIpc) is 2.96. The van der Waals surface area contributed by atoms with Crippen molar-refractivity contribution in [1.82, 2.24) is 10.3 Å². The molecule has 4 nitrogen and oxygen atoms in total. The second-order valence-electron chi connectivity index (χ2n) is 4.02. The second-order valence-corrected chi connectivity index (χ2v) is 4.99. The molecular weight excluding hydrogens is 260 g/mol. The lowest BCUT2D eigenvalue weighted by atomic mass is 10.2. The minimum atomic E-state index is 0.520. The first kappa shape index (κ1) is 13.8. The van der Waals surface area contributed by atoms with E-state index in [2.05, 4.69) is 17.2 Å². The quantitative estimate of drug-likeness (QED) is 0.846. The van der Waals surface area contributed by atoms with Gasteiger partial charge < -0.3 is 14.8 Å². The van der Waals surface area contributed by atoms with Gasteiger partial charge in [0, 0.05) is 12.7 Å². The van der Waals surface area contributed by atoms with Crippen LogP contribution in [0.25, 0.3) is 0 Å². The summed E-state index contributed by atoms with van der Waals surface area (Å²) >= 11 is 1.58. The van der Waals surface area contributed by atoms with Gasteiger partial charge in [0.05, 0.1) is 17.5 Å². The maximum atomic E-state index is 5.81. The summed E-state index contributed by atoms with van der Waals surface area (Å²) in [6, 6.07) is 6.00. The lowest BCUT2D eigenvalue weighted by Gasteiger charge is -2.12. The summed E-state index contributed by atoms with van der Waals surface area (Å²) in [5.74, 6) is 1.52. The maximum Gasteiger partial charge on any atom is 0.162 e. The van der Waals surface area contributed by atoms with Crippen molar-refractivity contribution in [2.24, 2.45) is 0 Å². The van der Waals surface area contributed by atoms with Gasteiger partial charge in [-0.15, -0.1) is 11.3 Å². The molecule has 5 heteroatoms. The van der Waals surface area contributed by atoms with Crippen LogP contribution >= 0.6 is 11.3 Å². The van der Waals surface area contributed by atoms with Crippen molar-refractivity contribution in [3.8, 4) is 11.5 Å². The Bertz CT molecular complexity index is 500. The molecule has 0 atom stereocenters. The molecule has 1 aromatic heterocycles. The normalized spacial score (nSPS) is 10.4. The van der Waals surface area contributed by atoms with Crippen LogP contribution in [-0.4, -0.2) is 18.6 Å². The summed E-state index contributed by atoms with van der Waals surface area (Å²) in [7, 11) is 1.65. The Morgan fingerprint density at radius 1 is 1.32 bits per heavy atom. The Kier molecular flexibility index (Phi) is 5.18. The zero-order valence-corrected chi connectivity index (χ0v) is 12.0. The summed E-state index contributed by atoms with van der Waals surface area (Å²) in [5.41, 5.74) is 2.99. The smallest absolute Gasteiger partial charge is 0.162 e. The van der Waals surface area contributed by atoms with Crippen LogP contribution in [0.2, 0.25) is 0 Å².